The maximum absolute atomic E-state index is 13.1. The van der Waals surface area contributed by atoms with Crippen molar-refractivity contribution in [3.05, 3.63) is 61.8 Å². The third-order valence-electron chi connectivity index (χ3n) is 5.00. The molecule has 2 rings (SSSR count). The largest absolute Gasteiger partial charge is 0.466 e. The van der Waals surface area contributed by atoms with E-state index < -0.39 is 38.4 Å². The van der Waals surface area contributed by atoms with Crippen molar-refractivity contribution >= 4 is 27.5 Å². The number of nitro benzene ring substituents is 1. The predicted molar refractivity (Wildman–Crippen MR) is 115 cm³/mol. The molecule has 0 saturated carbocycles. The lowest BCUT2D eigenvalue weighted by Crippen LogP contribution is -2.38. The molecule has 0 aromatic heterocycles. The van der Waals surface area contributed by atoms with Gasteiger partial charge in [-0.25, -0.2) is 18.0 Å². The Kier molecular flexibility index (Phi) is 7.75. The highest BCUT2D eigenvalue weighted by Crippen LogP contribution is 2.44. The SMILES string of the molecule is CCOC(=O)C1=C(S(=O)(=O)CCN)N(C)C(C)=C(C(=O)OC)C1c1cccc([N+](=O)[O-])c1. The lowest BCUT2D eigenvalue weighted by molar-refractivity contribution is -0.384. The van der Waals surface area contributed by atoms with E-state index in [1.165, 1.54) is 43.1 Å². The monoisotopic (exact) mass is 467 g/mol. The molecule has 0 amide bonds. The van der Waals surface area contributed by atoms with Gasteiger partial charge in [-0.3, -0.25) is 10.1 Å². The van der Waals surface area contributed by atoms with Gasteiger partial charge in [0.15, 0.2) is 9.84 Å². The zero-order valence-corrected chi connectivity index (χ0v) is 19.0. The van der Waals surface area contributed by atoms with E-state index in [2.05, 4.69) is 0 Å². The molecule has 1 aliphatic heterocycles. The number of benzene rings is 1. The Bertz CT molecular complexity index is 1110. The first-order valence-corrected chi connectivity index (χ1v) is 11.3. The second-order valence-electron chi connectivity index (χ2n) is 6.88. The number of nitro groups is 1. The highest BCUT2D eigenvalue weighted by atomic mass is 32.2. The summed E-state index contributed by atoms with van der Waals surface area (Å²) < 4.78 is 36.3. The lowest BCUT2D eigenvalue weighted by Gasteiger charge is -2.36. The topological polar surface area (TPSA) is 159 Å². The Hall–Kier alpha value is -3.25. The second kappa shape index (κ2) is 9.92. The van der Waals surface area contributed by atoms with Gasteiger partial charge in [0.05, 0.1) is 41.5 Å². The first-order valence-electron chi connectivity index (χ1n) is 9.63. The zero-order chi connectivity index (χ0) is 24.2. The number of ether oxygens (including phenoxy) is 2. The number of carbonyl (C=O) groups excluding carboxylic acids is 2. The molecule has 1 unspecified atom stereocenters. The van der Waals surface area contributed by atoms with Gasteiger partial charge in [0, 0.05) is 31.4 Å². The van der Waals surface area contributed by atoms with Gasteiger partial charge in [0.1, 0.15) is 5.03 Å². The van der Waals surface area contributed by atoms with Crippen molar-refractivity contribution in [2.75, 3.05) is 33.1 Å². The summed E-state index contributed by atoms with van der Waals surface area (Å²) in [4.78, 5) is 37.7. The maximum Gasteiger partial charge on any atom is 0.337 e. The summed E-state index contributed by atoms with van der Waals surface area (Å²) in [5.74, 6) is -3.53. The summed E-state index contributed by atoms with van der Waals surface area (Å²) in [6.07, 6.45) is 0. The van der Waals surface area contributed by atoms with E-state index in [4.69, 9.17) is 15.2 Å². The van der Waals surface area contributed by atoms with Crippen LogP contribution in [0.5, 0.6) is 0 Å². The number of non-ortho nitro benzene ring substituents is 1. The normalized spacial score (nSPS) is 16.8. The molecule has 174 valence electrons. The fourth-order valence-corrected chi connectivity index (χ4v) is 5.15. The second-order valence-corrected chi connectivity index (χ2v) is 8.91. The molecule has 1 heterocycles. The van der Waals surface area contributed by atoms with Gasteiger partial charge < -0.3 is 20.1 Å². The van der Waals surface area contributed by atoms with Crippen molar-refractivity contribution in [2.24, 2.45) is 5.73 Å². The maximum atomic E-state index is 13.1. The minimum absolute atomic E-state index is 0.0368. The molecule has 1 aliphatic rings. The number of nitrogens with two attached hydrogens (primary N) is 1. The van der Waals surface area contributed by atoms with E-state index >= 15 is 0 Å². The predicted octanol–water partition coefficient (Wildman–Crippen LogP) is 1.22. The molecular weight excluding hydrogens is 442 g/mol. The fraction of sp³-hybridized carbons (Fsp3) is 0.400. The standard InChI is InChI=1S/C20H25N3O8S/c1-5-31-20(25)17-16(13-7-6-8-14(11-13)23(26)27)15(19(24)30-4)12(2)22(3)18(17)32(28,29)10-9-21/h6-8,11,16H,5,9-10,21H2,1-4H3. The molecular formula is C20H25N3O8S. The number of nitrogens with zero attached hydrogens (tertiary/aromatic N) is 2. The molecule has 0 aliphatic carbocycles. The molecule has 0 spiro atoms. The summed E-state index contributed by atoms with van der Waals surface area (Å²) in [6, 6.07) is 5.27. The number of hydrogen-bond acceptors (Lipinski definition) is 10. The van der Waals surface area contributed by atoms with Crippen molar-refractivity contribution in [1.29, 1.82) is 0 Å². The highest BCUT2D eigenvalue weighted by molar-refractivity contribution is 7.95. The van der Waals surface area contributed by atoms with Crippen LogP contribution in [0.25, 0.3) is 0 Å². The van der Waals surface area contributed by atoms with Crippen LogP contribution < -0.4 is 5.73 Å². The molecule has 0 fully saturated rings. The Morgan fingerprint density at radius 3 is 2.44 bits per heavy atom. The lowest BCUT2D eigenvalue weighted by atomic mass is 9.81. The summed E-state index contributed by atoms with van der Waals surface area (Å²) >= 11 is 0. The molecule has 1 aromatic rings. The van der Waals surface area contributed by atoms with Crippen LogP contribution in [0.2, 0.25) is 0 Å². The van der Waals surface area contributed by atoms with Gasteiger partial charge in [0.2, 0.25) is 0 Å². The Morgan fingerprint density at radius 1 is 1.25 bits per heavy atom. The number of sulfone groups is 1. The van der Waals surface area contributed by atoms with Gasteiger partial charge in [-0.1, -0.05) is 12.1 Å². The van der Waals surface area contributed by atoms with Crippen LogP contribution in [-0.2, 0) is 28.9 Å². The Labute approximate surface area is 185 Å². The number of esters is 2. The number of methoxy groups -OCH3 is 1. The summed E-state index contributed by atoms with van der Waals surface area (Å²) in [7, 11) is -1.56. The van der Waals surface area contributed by atoms with Crippen molar-refractivity contribution in [1.82, 2.24) is 4.90 Å². The molecule has 0 radical (unpaired) electrons. The number of carbonyl (C=O) groups is 2. The zero-order valence-electron chi connectivity index (χ0n) is 18.2. The van der Waals surface area contributed by atoms with E-state index in [0.29, 0.717) is 0 Å². The summed E-state index contributed by atoms with van der Waals surface area (Å²) in [5.41, 5.74) is 5.18. The first kappa shape index (κ1) is 25.0. The molecule has 2 N–H and O–H groups in total. The smallest absolute Gasteiger partial charge is 0.337 e. The van der Waals surface area contributed by atoms with E-state index in [-0.39, 0.29) is 46.3 Å². The Balaban J connectivity index is 3.00. The van der Waals surface area contributed by atoms with Crippen LogP contribution in [0.15, 0.2) is 46.1 Å². The van der Waals surface area contributed by atoms with E-state index in [1.54, 1.807) is 6.92 Å². The minimum atomic E-state index is -4.09. The molecule has 12 heteroatoms. The highest BCUT2D eigenvalue weighted by Gasteiger charge is 2.44. The summed E-state index contributed by atoms with van der Waals surface area (Å²) in [5, 5.41) is 11.0. The molecule has 1 atom stereocenters. The van der Waals surface area contributed by atoms with Crippen LogP contribution in [-0.4, -0.2) is 63.2 Å². The number of hydrogen-bond donors (Lipinski definition) is 1. The van der Waals surface area contributed by atoms with E-state index in [0.717, 1.165) is 7.11 Å². The average Bonchev–Trinajstić information content (AvgIpc) is 2.74. The summed E-state index contributed by atoms with van der Waals surface area (Å²) in [6.45, 7) is 2.78. The van der Waals surface area contributed by atoms with Gasteiger partial charge in [0.25, 0.3) is 5.69 Å². The van der Waals surface area contributed by atoms with Crippen LogP contribution >= 0.6 is 0 Å². The van der Waals surface area contributed by atoms with Crippen molar-refractivity contribution in [2.45, 2.75) is 19.8 Å². The molecule has 11 nitrogen and oxygen atoms in total. The van der Waals surface area contributed by atoms with Gasteiger partial charge in [-0.05, 0) is 19.4 Å². The quantitative estimate of drug-likeness (QED) is 0.334. The van der Waals surface area contributed by atoms with Crippen molar-refractivity contribution in [3.63, 3.8) is 0 Å². The van der Waals surface area contributed by atoms with Crippen molar-refractivity contribution in [3.8, 4) is 0 Å². The number of allylic oxidation sites excluding steroid dienone is 1. The molecule has 0 bridgehead atoms. The first-order chi connectivity index (χ1) is 15.0. The van der Waals surface area contributed by atoms with Crippen LogP contribution in [0.1, 0.15) is 25.3 Å². The van der Waals surface area contributed by atoms with Gasteiger partial charge >= 0.3 is 11.9 Å². The molecule has 0 saturated heterocycles. The van der Waals surface area contributed by atoms with E-state index in [9.17, 15) is 28.1 Å². The third-order valence-corrected chi connectivity index (χ3v) is 6.86. The molecule has 32 heavy (non-hydrogen) atoms. The van der Waals surface area contributed by atoms with Gasteiger partial charge in [-0.15, -0.1) is 0 Å². The number of rotatable bonds is 8. The van der Waals surface area contributed by atoms with Crippen LogP contribution in [0, 0.1) is 10.1 Å². The van der Waals surface area contributed by atoms with E-state index in [1.807, 2.05) is 0 Å². The average molecular weight is 468 g/mol. The third kappa shape index (κ3) is 4.65. The molecule has 1 aromatic carbocycles. The van der Waals surface area contributed by atoms with Crippen molar-refractivity contribution < 1.29 is 32.4 Å². The van der Waals surface area contributed by atoms with Gasteiger partial charge in [-0.2, -0.15) is 0 Å². The van der Waals surface area contributed by atoms with Crippen LogP contribution in [0.3, 0.4) is 0 Å². The Morgan fingerprint density at radius 2 is 1.91 bits per heavy atom. The minimum Gasteiger partial charge on any atom is -0.466 e. The van der Waals surface area contributed by atoms with Crippen LogP contribution in [0.4, 0.5) is 5.69 Å². The fourth-order valence-electron chi connectivity index (χ4n) is 3.56.